The van der Waals surface area contributed by atoms with E-state index in [9.17, 15) is 0 Å². The van der Waals surface area contributed by atoms with Gasteiger partial charge in [-0.3, -0.25) is 0 Å². The van der Waals surface area contributed by atoms with E-state index < -0.39 is 0 Å². The van der Waals surface area contributed by atoms with E-state index in [1.54, 1.807) is 16.9 Å². The van der Waals surface area contributed by atoms with Crippen LogP contribution in [0.5, 0.6) is 0 Å². The average Bonchev–Trinajstić information content (AvgIpc) is 2.57. The largest absolute Gasteiger partial charge is 0.381 e. The first-order valence-corrected chi connectivity index (χ1v) is 4.97. The normalized spacial score (nSPS) is 10.4. The van der Waals surface area contributed by atoms with Gasteiger partial charge in [0.2, 0.25) is 0 Å². The molecule has 0 aliphatic carbocycles. The number of nitrogens with zero attached hydrogens (tertiary/aromatic N) is 3. The van der Waals surface area contributed by atoms with Crippen LogP contribution in [0.2, 0.25) is 5.02 Å². The SMILES string of the molecule is Nc1cn(-c2ccc(Br)c(Cl)c2)nn1. The highest BCUT2D eigenvalue weighted by molar-refractivity contribution is 9.10. The molecular weight excluding hydrogens is 267 g/mol. The molecule has 1 heterocycles. The second-order valence-electron chi connectivity index (χ2n) is 2.69. The molecule has 0 saturated carbocycles. The molecule has 0 bridgehead atoms. The second kappa shape index (κ2) is 3.59. The Morgan fingerprint density at radius 2 is 2.21 bits per heavy atom. The van der Waals surface area contributed by atoms with Crippen molar-refractivity contribution in [3.8, 4) is 5.69 Å². The molecule has 0 amide bonds. The molecule has 0 radical (unpaired) electrons. The monoisotopic (exact) mass is 272 g/mol. The molecule has 0 fully saturated rings. The molecule has 0 atom stereocenters. The molecule has 0 aliphatic rings. The van der Waals surface area contributed by atoms with Gasteiger partial charge in [0.1, 0.15) is 0 Å². The number of rotatable bonds is 1. The number of nitrogens with two attached hydrogens (primary N) is 1. The van der Waals surface area contributed by atoms with E-state index in [1.807, 2.05) is 12.1 Å². The number of anilines is 1. The first kappa shape index (κ1) is 9.48. The van der Waals surface area contributed by atoms with Crippen LogP contribution in [0.15, 0.2) is 28.9 Å². The van der Waals surface area contributed by atoms with E-state index in [4.69, 9.17) is 17.3 Å². The molecule has 1 aromatic carbocycles. The summed E-state index contributed by atoms with van der Waals surface area (Å²) in [5.74, 6) is 0.379. The lowest BCUT2D eigenvalue weighted by atomic mass is 10.3. The van der Waals surface area contributed by atoms with Crippen molar-refractivity contribution >= 4 is 33.3 Å². The zero-order chi connectivity index (χ0) is 10.1. The molecule has 4 nitrogen and oxygen atoms in total. The lowest BCUT2D eigenvalue weighted by Crippen LogP contribution is -1.94. The lowest BCUT2D eigenvalue weighted by Gasteiger charge is -2.01. The van der Waals surface area contributed by atoms with Crippen LogP contribution in [0.25, 0.3) is 5.69 Å². The van der Waals surface area contributed by atoms with E-state index in [0.717, 1.165) is 10.2 Å². The number of halogens is 2. The Bertz CT molecular complexity index is 468. The Morgan fingerprint density at radius 3 is 2.79 bits per heavy atom. The maximum absolute atomic E-state index is 5.93. The molecule has 1 aromatic heterocycles. The molecule has 6 heteroatoms. The van der Waals surface area contributed by atoms with E-state index in [1.165, 1.54) is 0 Å². The molecule has 2 rings (SSSR count). The quantitative estimate of drug-likeness (QED) is 0.867. The standard InChI is InChI=1S/C8H6BrClN4/c9-6-2-1-5(3-7(6)10)14-4-8(11)12-13-14/h1-4H,11H2. The summed E-state index contributed by atoms with van der Waals surface area (Å²) >= 11 is 9.24. The Kier molecular flexibility index (Phi) is 2.43. The highest BCUT2D eigenvalue weighted by Crippen LogP contribution is 2.24. The van der Waals surface area contributed by atoms with Crippen molar-refractivity contribution in [3.63, 3.8) is 0 Å². The second-order valence-corrected chi connectivity index (χ2v) is 3.95. The summed E-state index contributed by atoms with van der Waals surface area (Å²) in [4.78, 5) is 0. The maximum Gasteiger partial charge on any atom is 0.166 e. The van der Waals surface area contributed by atoms with Gasteiger partial charge in [0.15, 0.2) is 5.82 Å². The maximum atomic E-state index is 5.93. The van der Waals surface area contributed by atoms with Crippen LogP contribution in [0.4, 0.5) is 5.82 Å². The van der Waals surface area contributed by atoms with Crippen molar-refractivity contribution < 1.29 is 0 Å². The molecule has 0 aliphatic heterocycles. The first-order valence-electron chi connectivity index (χ1n) is 3.80. The first-order chi connectivity index (χ1) is 6.66. The topological polar surface area (TPSA) is 56.7 Å². The van der Waals surface area contributed by atoms with Crippen molar-refractivity contribution in [2.75, 3.05) is 5.73 Å². The third-order valence-electron chi connectivity index (χ3n) is 1.68. The fourth-order valence-corrected chi connectivity index (χ4v) is 1.45. The minimum Gasteiger partial charge on any atom is -0.381 e. The van der Waals surface area contributed by atoms with Gasteiger partial charge in [-0.2, -0.15) is 0 Å². The van der Waals surface area contributed by atoms with Gasteiger partial charge in [-0.1, -0.05) is 16.8 Å². The fraction of sp³-hybridized carbons (Fsp3) is 0. The van der Waals surface area contributed by atoms with Crippen LogP contribution < -0.4 is 5.73 Å². The zero-order valence-electron chi connectivity index (χ0n) is 6.98. The van der Waals surface area contributed by atoms with Crippen LogP contribution in [0.3, 0.4) is 0 Å². The van der Waals surface area contributed by atoms with Gasteiger partial charge < -0.3 is 5.73 Å². The molecule has 2 N–H and O–H groups in total. The lowest BCUT2D eigenvalue weighted by molar-refractivity contribution is 0.804. The summed E-state index contributed by atoms with van der Waals surface area (Å²) in [6, 6.07) is 5.49. The number of nitrogen functional groups attached to an aromatic ring is 1. The molecule has 14 heavy (non-hydrogen) atoms. The van der Waals surface area contributed by atoms with Gasteiger partial charge in [0.25, 0.3) is 0 Å². The molecular formula is C8H6BrClN4. The fourth-order valence-electron chi connectivity index (χ4n) is 1.03. The van der Waals surface area contributed by atoms with E-state index >= 15 is 0 Å². The predicted octanol–water partition coefficient (Wildman–Crippen LogP) is 2.27. The average molecular weight is 274 g/mol. The highest BCUT2D eigenvalue weighted by Gasteiger charge is 2.02. The van der Waals surface area contributed by atoms with Crippen molar-refractivity contribution in [3.05, 3.63) is 33.9 Å². The summed E-state index contributed by atoms with van der Waals surface area (Å²) in [6.07, 6.45) is 1.62. The van der Waals surface area contributed by atoms with Gasteiger partial charge in [-0.15, -0.1) is 5.10 Å². The summed E-state index contributed by atoms with van der Waals surface area (Å²) < 4.78 is 2.41. The van der Waals surface area contributed by atoms with Crippen molar-refractivity contribution in [2.24, 2.45) is 0 Å². The van der Waals surface area contributed by atoms with Gasteiger partial charge in [-0.05, 0) is 34.1 Å². The number of hydrogen-bond donors (Lipinski definition) is 1. The predicted molar refractivity (Wildman–Crippen MR) is 58.5 cm³/mol. The van der Waals surface area contributed by atoms with Gasteiger partial charge in [-0.25, -0.2) is 4.68 Å². The summed E-state index contributed by atoms with van der Waals surface area (Å²) in [6.45, 7) is 0. The molecule has 0 unspecified atom stereocenters. The van der Waals surface area contributed by atoms with Gasteiger partial charge in [0.05, 0.1) is 16.9 Å². The molecule has 0 saturated heterocycles. The molecule has 2 aromatic rings. The minimum absolute atomic E-state index is 0.379. The van der Waals surface area contributed by atoms with Crippen LogP contribution in [0.1, 0.15) is 0 Å². The Morgan fingerprint density at radius 1 is 1.43 bits per heavy atom. The van der Waals surface area contributed by atoms with Crippen molar-refractivity contribution in [1.29, 1.82) is 0 Å². The van der Waals surface area contributed by atoms with E-state index in [2.05, 4.69) is 26.2 Å². The Labute approximate surface area is 93.8 Å². The summed E-state index contributed by atoms with van der Waals surface area (Å²) in [5.41, 5.74) is 6.27. The number of hydrogen-bond acceptors (Lipinski definition) is 3. The highest BCUT2D eigenvalue weighted by atomic mass is 79.9. The summed E-state index contributed by atoms with van der Waals surface area (Å²) in [7, 11) is 0. The van der Waals surface area contributed by atoms with Gasteiger partial charge in [0, 0.05) is 4.47 Å². The zero-order valence-corrected chi connectivity index (χ0v) is 9.33. The minimum atomic E-state index is 0.379. The Hall–Kier alpha value is -1.07. The van der Waals surface area contributed by atoms with E-state index in [0.29, 0.717) is 10.8 Å². The van der Waals surface area contributed by atoms with Crippen LogP contribution >= 0.6 is 27.5 Å². The number of aromatic nitrogens is 3. The van der Waals surface area contributed by atoms with Crippen LogP contribution in [0, 0.1) is 0 Å². The van der Waals surface area contributed by atoms with Crippen LogP contribution in [-0.2, 0) is 0 Å². The summed E-state index contributed by atoms with van der Waals surface area (Å²) in [5, 5.41) is 8.13. The third kappa shape index (κ3) is 1.73. The van der Waals surface area contributed by atoms with E-state index in [-0.39, 0.29) is 0 Å². The van der Waals surface area contributed by atoms with Crippen molar-refractivity contribution in [1.82, 2.24) is 15.0 Å². The third-order valence-corrected chi connectivity index (χ3v) is 2.91. The number of benzene rings is 1. The van der Waals surface area contributed by atoms with Gasteiger partial charge >= 0.3 is 0 Å². The Balaban J connectivity index is 2.47. The molecule has 0 spiro atoms. The smallest absolute Gasteiger partial charge is 0.166 e. The molecule has 72 valence electrons. The van der Waals surface area contributed by atoms with Crippen molar-refractivity contribution in [2.45, 2.75) is 0 Å². The van der Waals surface area contributed by atoms with Crippen LogP contribution in [-0.4, -0.2) is 15.0 Å².